The Hall–Kier alpha value is -0.640. The highest BCUT2D eigenvalue weighted by atomic mass is 35.5. The molecule has 3 N–H and O–H groups in total. The maximum absolute atomic E-state index is 12.9. The van der Waals surface area contributed by atoms with Crippen LogP contribution < -0.4 is 11.3 Å². The number of rotatable bonds is 5. The third kappa shape index (κ3) is 4.08. The van der Waals surface area contributed by atoms with Gasteiger partial charge >= 0.3 is 0 Å². The second-order valence-electron chi connectivity index (χ2n) is 4.43. The average molecular weight is 245 g/mol. The first-order valence-electron chi connectivity index (χ1n) is 5.43. The van der Waals surface area contributed by atoms with Crippen LogP contribution in [0.15, 0.2) is 18.2 Å². The van der Waals surface area contributed by atoms with Crippen LogP contribution in [0.3, 0.4) is 0 Å². The summed E-state index contributed by atoms with van der Waals surface area (Å²) in [6.07, 6.45) is 1.68. The van der Waals surface area contributed by atoms with Gasteiger partial charge in [-0.3, -0.25) is 11.3 Å². The fourth-order valence-electron chi connectivity index (χ4n) is 1.73. The third-order valence-corrected chi connectivity index (χ3v) is 2.82. The summed E-state index contributed by atoms with van der Waals surface area (Å²) in [7, 11) is 0. The van der Waals surface area contributed by atoms with Crippen LogP contribution in [0.25, 0.3) is 0 Å². The number of hydrazine groups is 1. The van der Waals surface area contributed by atoms with E-state index in [1.54, 1.807) is 6.07 Å². The Labute approximate surface area is 101 Å². The Balaban J connectivity index is 2.70. The molecule has 4 heteroatoms. The van der Waals surface area contributed by atoms with E-state index in [1.807, 2.05) is 0 Å². The topological polar surface area (TPSA) is 38.0 Å². The zero-order valence-corrected chi connectivity index (χ0v) is 10.4. The second-order valence-corrected chi connectivity index (χ2v) is 4.84. The van der Waals surface area contributed by atoms with Crippen molar-refractivity contribution in [3.8, 4) is 0 Å². The predicted molar refractivity (Wildman–Crippen MR) is 65.7 cm³/mol. The molecule has 0 fully saturated rings. The zero-order chi connectivity index (χ0) is 12.1. The van der Waals surface area contributed by atoms with E-state index in [0.717, 1.165) is 12.0 Å². The van der Waals surface area contributed by atoms with Gasteiger partial charge < -0.3 is 0 Å². The predicted octanol–water partition coefficient (Wildman–Crippen LogP) is 2.90. The van der Waals surface area contributed by atoms with E-state index >= 15 is 0 Å². The molecule has 90 valence electrons. The molecule has 1 unspecified atom stereocenters. The van der Waals surface area contributed by atoms with Gasteiger partial charge in [0.15, 0.2) is 0 Å². The molecule has 0 saturated heterocycles. The number of hydrogen-bond donors (Lipinski definition) is 2. The van der Waals surface area contributed by atoms with Crippen molar-refractivity contribution in [2.75, 3.05) is 0 Å². The van der Waals surface area contributed by atoms with E-state index in [-0.39, 0.29) is 11.9 Å². The summed E-state index contributed by atoms with van der Waals surface area (Å²) in [6.45, 7) is 4.27. The molecule has 0 aliphatic carbocycles. The molecule has 0 bridgehead atoms. The third-order valence-electron chi connectivity index (χ3n) is 2.47. The Kier molecular flexibility index (Phi) is 5.19. The number of halogens is 2. The molecule has 0 saturated carbocycles. The fourth-order valence-corrected chi connectivity index (χ4v) is 1.98. The molecule has 1 atom stereocenters. The lowest BCUT2D eigenvalue weighted by Gasteiger charge is -2.18. The van der Waals surface area contributed by atoms with Gasteiger partial charge in [-0.25, -0.2) is 4.39 Å². The molecule has 0 heterocycles. The van der Waals surface area contributed by atoms with Gasteiger partial charge in [0.25, 0.3) is 0 Å². The molecule has 0 aliphatic heterocycles. The minimum Gasteiger partial charge on any atom is -0.271 e. The lowest BCUT2D eigenvalue weighted by molar-refractivity contribution is 0.423. The molecule has 1 rings (SSSR count). The second kappa shape index (κ2) is 6.18. The zero-order valence-electron chi connectivity index (χ0n) is 9.63. The van der Waals surface area contributed by atoms with Gasteiger partial charge in [0, 0.05) is 11.1 Å². The van der Waals surface area contributed by atoms with Crippen molar-refractivity contribution in [3.63, 3.8) is 0 Å². The van der Waals surface area contributed by atoms with Crippen molar-refractivity contribution in [3.05, 3.63) is 34.6 Å². The van der Waals surface area contributed by atoms with E-state index in [1.165, 1.54) is 12.1 Å². The van der Waals surface area contributed by atoms with Crippen molar-refractivity contribution in [2.24, 2.45) is 11.8 Å². The highest BCUT2D eigenvalue weighted by Crippen LogP contribution is 2.20. The van der Waals surface area contributed by atoms with Crippen molar-refractivity contribution < 1.29 is 4.39 Å². The van der Waals surface area contributed by atoms with Crippen LogP contribution >= 0.6 is 11.6 Å². The number of nitrogens with one attached hydrogen (secondary N) is 1. The van der Waals surface area contributed by atoms with Crippen LogP contribution in [-0.4, -0.2) is 6.04 Å². The van der Waals surface area contributed by atoms with E-state index in [9.17, 15) is 4.39 Å². The average Bonchev–Trinajstić information content (AvgIpc) is 2.20. The largest absolute Gasteiger partial charge is 0.271 e. The number of benzene rings is 1. The summed E-state index contributed by atoms with van der Waals surface area (Å²) < 4.78 is 12.9. The maximum Gasteiger partial charge on any atom is 0.124 e. The number of hydrogen-bond acceptors (Lipinski definition) is 2. The maximum atomic E-state index is 12.9. The Morgan fingerprint density at radius 1 is 1.44 bits per heavy atom. The molecule has 1 aromatic rings. The molecule has 0 spiro atoms. The van der Waals surface area contributed by atoms with Crippen LogP contribution in [0.4, 0.5) is 4.39 Å². The van der Waals surface area contributed by atoms with Crippen LogP contribution in [-0.2, 0) is 6.42 Å². The van der Waals surface area contributed by atoms with E-state index in [2.05, 4.69) is 19.3 Å². The van der Waals surface area contributed by atoms with Crippen LogP contribution in [0.1, 0.15) is 25.8 Å². The minimum atomic E-state index is -0.310. The Morgan fingerprint density at radius 3 is 2.62 bits per heavy atom. The standard InChI is InChI=1S/C12H18ClFN2/c1-8(2)5-11(16-15)6-9-3-4-10(14)7-12(9)13/h3-4,7-8,11,16H,5-6,15H2,1-2H3. The Morgan fingerprint density at radius 2 is 2.12 bits per heavy atom. The van der Waals surface area contributed by atoms with Gasteiger partial charge in [0.2, 0.25) is 0 Å². The molecule has 2 nitrogen and oxygen atoms in total. The first-order valence-corrected chi connectivity index (χ1v) is 5.80. The molecule has 0 aromatic heterocycles. The summed E-state index contributed by atoms with van der Waals surface area (Å²) in [5.41, 5.74) is 3.69. The molecule has 0 aliphatic rings. The minimum absolute atomic E-state index is 0.169. The highest BCUT2D eigenvalue weighted by Gasteiger charge is 2.12. The molecular formula is C12H18ClFN2. The molecular weight excluding hydrogens is 227 g/mol. The first-order chi connectivity index (χ1) is 7.52. The molecule has 1 aromatic carbocycles. The van der Waals surface area contributed by atoms with Gasteiger partial charge in [0.1, 0.15) is 5.82 Å². The summed E-state index contributed by atoms with van der Waals surface area (Å²) in [5.74, 6) is 5.73. The molecule has 0 radical (unpaired) electrons. The van der Waals surface area contributed by atoms with E-state index in [4.69, 9.17) is 17.4 Å². The van der Waals surface area contributed by atoms with Gasteiger partial charge in [-0.05, 0) is 36.5 Å². The van der Waals surface area contributed by atoms with Crippen molar-refractivity contribution in [2.45, 2.75) is 32.7 Å². The quantitative estimate of drug-likeness (QED) is 0.618. The van der Waals surface area contributed by atoms with Gasteiger partial charge in [-0.15, -0.1) is 0 Å². The highest BCUT2D eigenvalue weighted by molar-refractivity contribution is 6.31. The van der Waals surface area contributed by atoms with Gasteiger partial charge in [-0.1, -0.05) is 31.5 Å². The smallest absolute Gasteiger partial charge is 0.124 e. The summed E-state index contributed by atoms with van der Waals surface area (Å²) in [5, 5.41) is 0.462. The lowest BCUT2D eigenvalue weighted by atomic mass is 9.98. The number of nitrogens with two attached hydrogens (primary N) is 1. The van der Waals surface area contributed by atoms with Crippen LogP contribution in [0, 0.1) is 11.7 Å². The van der Waals surface area contributed by atoms with Crippen LogP contribution in [0.5, 0.6) is 0 Å². The van der Waals surface area contributed by atoms with Crippen molar-refractivity contribution >= 4 is 11.6 Å². The lowest BCUT2D eigenvalue weighted by Crippen LogP contribution is -2.37. The first kappa shape index (κ1) is 13.4. The monoisotopic (exact) mass is 244 g/mol. The van der Waals surface area contributed by atoms with E-state index < -0.39 is 0 Å². The van der Waals surface area contributed by atoms with Crippen molar-refractivity contribution in [1.29, 1.82) is 0 Å². The fraction of sp³-hybridized carbons (Fsp3) is 0.500. The summed E-state index contributed by atoms with van der Waals surface area (Å²) >= 11 is 5.96. The Bertz CT molecular complexity index is 342. The normalized spacial score (nSPS) is 13.1. The van der Waals surface area contributed by atoms with Gasteiger partial charge in [-0.2, -0.15) is 0 Å². The summed E-state index contributed by atoms with van der Waals surface area (Å²) in [6, 6.07) is 4.63. The molecule has 16 heavy (non-hydrogen) atoms. The summed E-state index contributed by atoms with van der Waals surface area (Å²) in [4.78, 5) is 0. The van der Waals surface area contributed by atoms with Crippen LogP contribution in [0.2, 0.25) is 5.02 Å². The van der Waals surface area contributed by atoms with E-state index in [0.29, 0.717) is 17.4 Å². The van der Waals surface area contributed by atoms with Gasteiger partial charge in [0.05, 0.1) is 0 Å². The van der Waals surface area contributed by atoms with Crippen molar-refractivity contribution in [1.82, 2.24) is 5.43 Å². The SMILES string of the molecule is CC(C)CC(Cc1ccc(F)cc1Cl)NN. The molecule has 0 amide bonds.